The van der Waals surface area contributed by atoms with Crippen LogP contribution in [0, 0.1) is 0 Å². The third-order valence-electron chi connectivity index (χ3n) is 3.55. The van der Waals surface area contributed by atoms with E-state index >= 15 is 0 Å². The molecule has 0 bridgehead atoms. The van der Waals surface area contributed by atoms with E-state index in [1.54, 1.807) is 18.2 Å². The lowest BCUT2D eigenvalue weighted by atomic mass is 10.1. The van der Waals surface area contributed by atoms with Gasteiger partial charge in [0.15, 0.2) is 4.34 Å². The Balaban J connectivity index is 1.56. The summed E-state index contributed by atoms with van der Waals surface area (Å²) < 4.78 is 39.3. The molecule has 0 saturated carbocycles. The first-order chi connectivity index (χ1) is 14.2. The van der Waals surface area contributed by atoms with Gasteiger partial charge in [0.2, 0.25) is 11.0 Å². The van der Waals surface area contributed by atoms with Crippen LogP contribution in [0.4, 0.5) is 24.0 Å². The first kappa shape index (κ1) is 22.1. The van der Waals surface area contributed by atoms with Crippen LogP contribution in [0.2, 0.25) is 5.02 Å². The number of aromatic nitrogens is 2. The predicted octanol–water partition coefficient (Wildman–Crippen LogP) is 5.19. The molecule has 30 heavy (non-hydrogen) atoms. The molecule has 2 amide bonds. The number of carbonyl (C=O) groups excluding carboxylic acids is 2. The maximum atomic E-state index is 13.0. The molecule has 0 aliphatic carbocycles. The van der Waals surface area contributed by atoms with E-state index in [4.69, 9.17) is 11.6 Å². The zero-order valence-corrected chi connectivity index (χ0v) is 17.3. The second-order valence-electron chi connectivity index (χ2n) is 5.72. The van der Waals surface area contributed by atoms with Crippen LogP contribution in [0.25, 0.3) is 0 Å². The van der Waals surface area contributed by atoms with Crippen molar-refractivity contribution in [2.75, 3.05) is 16.4 Å². The van der Waals surface area contributed by atoms with Crippen LogP contribution in [0.5, 0.6) is 0 Å². The number of nitrogens with zero attached hydrogens (tertiary/aromatic N) is 2. The van der Waals surface area contributed by atoms with Crippen molar-refractivity contribution in [2.24, 2.45) is 0 Å². The molecular formula is C18H12ClF3N4O2S2. The van der Waals surface area contributed by atoms with Crippen LogP contribution >= 0.6 is 34.7 Å². The number of thioether (sulfide) groups is 1. The van der Waals surface area contributed by atoms with Gasteiger partial charge in [0.05, 0.1) is 17.0 Å². The van der Waals surface area contributed by atoms with Gasteiger partial charge in [-0.1, -0.05) is 52.9 Å². The summed E-state index contributed by atoms with van der Waals surface area (Å²) in [7, 11) is 0. The molecule has 156 valence electrons. The van der Waals surface area contributed by atoms with Crippen molar-refractivity contribution >= 4 is 57.3 Å². The number of alkyl halides is 3. The normalized spacial score (nSPS) is 11.2. The van der Waals surface area contributed by atoms with E-state index < -0.39 is 23.6 Å². The predicted molar refractivity (Wildman–Crippen MR) is 110 cm³/mol. The van der Waals surface area contributed by atoms with Crippen LogP contribution in [-0.2, 0) is 11.0 Å². The first-order valence-electron chi connectivity index (χ1n) is 8.21. The van der Waals surface area contributed by atoms with Gasteiger partial charge < -0.3 is 5.32 Å². The van der Waals surface area contributed by atoms with Gasteiger partial charge in [-0.2, -0.15) is 13.2 Å². The number of para-hydroxylation sites is 1. The largest absolute Gasteiger partial charge is 0.418 e. The minimum atomic E-state index is -4.58. The third-order valence-corrected chi connectivity index (χ3v) is 5.75. The summed E-state index contributed by atoms with van der Waals surface area (Å²) in [6, 6.07) is 11.1. The smallest absolute Gasteiger partial charge is 0.325 e. The van der Waals surface area contributed by atoms with Crippen LogP contribution < -0.4 is 10.6 Å². The van der Waals surface area contributed by atoms with Gasteiger partial charge in [-0.15, -0.1) is 10.2 Å². The second-order valence-corrected chi connectivity index (χ2v) is 8.35. The Morgan fingerprint density at radius 2 is 1.83 bits per heavy atom. The van der Waals surface area contributed by atoms with E-state index in [-0.39, 0.29) is 16.6 Å². The zero-order valence-electron chi connectivity index (χ0n) is 14.9. The molecule has 0 aliphatic heterocycles. The van der Waals surface area contributed by atoms with Crippen molar-refractivity contribution in [3.8, 4) is 0 Å². The zero-order chi connectivity index (χ0) is 21.7. The average molecular weight is 473 g/mol. The first-order valence-corrected chi connectivity index (χ1v) is 10.4. The standard InChI is InChI=1S/C18H12ClF3N4O2S2/c19-11-5-3-4-10(8-11)15(28)24-16-25-26-17(30-16)29-9-14(27)23-13-7-2-1-6-12(13)18(20,21)22/h1-8H,9H2,(H,23,27)(H,24,25,28). The number of amides is 2. The number of nitrogens with one attached hydrogen (secondary N) is 2. The maximum absolute atomic E-state index is 13.0. The van der Waals surface area contributed by atoms with E-state index in [1.807, 2.05) is 0 Å². The van der Waals surface area contributed by atoms with E-state index in [2.05, 4.69) is 20.8 Å². The lowest BCUT2D eigenvalue weighted by Crippen LogP contribution is -2.18. The Bertz CT molecular complexity index is 1080. The molecule has 3 rings (SSSR count). The lowest BCUT2D eigenvalue weighted by Gasteiger charge is -2.13. The van der Waals surface area contributed by atoms with E-state index in [0.29, 0.717) is 14.9 Å². The molecule has 0 fully saturated rings. The van der Waals surface area contributed by atoms with Gasteiger partial charge in [-0.3, -0.25) is 14.9 Å². The molecule has 12 heteroatoms. The third kappa shape index (κ3) is 5.94. The molecule has 0 spiro atoms. The van der Waals surface area contributed by atoms with Crippen LogP contribution in [-0.4, -0.2) is 27.8 Å². The van der Waals surface area contributed by atoms with Gasteiger partial charge in [0.1, 0.15) is 0 Å². The Hall–Kier alpha value is -2.63. The Morgan fingerprint density at radius 1 is 1.07 bits per heavy atom. The van der Waals surface area contributed by atoms with E-state index in [9.17, 15) is 22.8 Å². The summed E-state index contributed by atoms with van der Waals surface area (Å²) in [6.07, 6.45) is -4.58. The van der Waals surface area contributed by atoms with Crippen molar-refractivity contribution in [1.29, 1.82) is 0 Å². The van der Waals surface area contributed by atoms with E-state index in [0.717, 1.165) is 29.2 Å². The number of anilines is 2. The summed E-state index contributed by atoms with van der Waals surface area (Å²) >= 11 is 7.87. The molecule has 0 radical (unpaired) electrons. The highest BCUT2D eigenvalue weighted by molar-refractivity contribution is 8.01. The number of rotatable bonds is 6. The monoisotopic (exact) mass is 472 g/mol. The topological polar surface area (TPSA) is 84.0 Å². The summed E-state index contributed by atoms with van der Waals surface area (Å²) in [6.45, 7) is 0. The second kappa shape index (κ2) is 9.45. The van der Waals surface area contributed by atoms with Gasteiger partial charge in [-0.25, -0.2) is 0 Å². The Kier molecular flexibility index (Phi) is 6.95. The SMILES string of the molecule is O=C(CSc1nnc(NC(=O)c2cccc(Cl)c2)s1)Nc1ccccc1C(F)(F)F. The molecular weight excluding hydrogens is 461 g/mol. The van der Waals surface area contributed by atoms with Gasteiger partial charge in [-0.05, 0) is 30.3 Å². The fourth-order valence-corrected chi connectivity index (χ4v) is 4.01. The number of halogens is 4. The molecule has 1 heterocycles. The molecule has 0 aliphatic rings. The molecule has 0 unspecified atom stereocenters. The fraction of sp³-hybridized carbons (Fsp3) is 0.111. The highest BCUT2D eigenvalue weighted by atomic mass is 35.5. The summed E-state index contributed by atoms with van der Waals surface area (Å²) in [5.74, 6) is -1.23. The van der Waals surface area contributed by atoms with Gasteiger partial charge >= 0.3 is 6.18 Å². The van der Waals surface area contributed by atoms with Crippen LogP contribution in [0.15, 0.2) is 52.9 Å². The van der Waals surface area contributed by atoms with Gasteiger partial charge in [0.25, 0.3) is 5.91 Å². The van der Waals surface area contributed by atoms with Crippen LogP contribution in [0.1, 0.15) is 15.9 Å². The Morgan fingerprint density at radius 3 is 2.57 bits per heavy atom. The highest BCUT2D eigenvalue weighted by Gasteiger charge is 2.33. The Labute approximate surface area is 181 Å². The maximum Gasteiger partial charge on any atom is 0.418 e. The summed E-state index contributed by atoms with van der Waals surface area (Å²) in [5.41, 5.74) is -0.901. The molecule has 6 nitrogen and oxygen atoms in total. The number of carbonyl (C=O) groups is 2. The van der Waals surface area contributed by atoms with E-state index in [1.165, 1.54) is 24.3 Å². The van der Waals surface area contributed by atoms with Crippen molar-refractivity contribution in [3.63, 3.8) is 0 Å². The molecule has 0 atom stereocenters. The number of hydrogen-bond acceptors (Lipinski definition) is 6. The minimum absolute atomic E-state index is 0.178. The van der Waals surface area contributed by atoms with Crippen molar-refractivity contribution in [2.45, 2.75) is 10.5 Å². The number of hydrogen-bond donors (Lipinski definition) is 2. The molecule has 0 saturated heterocycles. The quantitative estimate of drug-likeness (QED) is 0.381. The minimum Gasteiger partial charge on any atom is -0.325 e. The molecule has 2 N–H and O–H groups in total. The van der Waals surface area contributed by atoms with Crippen molar-refractivity contribution < 1.29 is 22.8 Å². The summed E-state index contributed by atoms with van der Waals surface area (Å²) in [4.78, 5) is 24.2. The lowest BCUT2D eigenvalue weighted by molar-refractivity contribution is -0.137. The fourth-order valence-electron chi connectivity index (χ4n) is 2.27. The van der Waals surface area contributed by atoms with Gasteiger partial charge in [0, 0.05) is 10.6 Å². The highest BCUT2D eigenvalue weighted by Crippen LogP contribution is 2.34. The average Bonchev–Trinajstić information content (AvgIpc) is 3.13. The van der Waals surface area contributed by atoms with Crippen molar-refractivity contribution in [1.82, 2.24) is 10.2 Å². The van der Waals surface area contributed by atoms with Crippen LogP contribution in [0.3, 0.4) is 0 Å². The molecule has 3 aromatic rings. The summed E-state index contributed by atoms with van der Waals surface area (Å²) in [5, 5.41) is 13.1. The molecule has 2 aromatic carbocycles. The molecule has 1 aromatic heterocycles. The van der Waals surface area contributed by atoms with Crippen molar-refractivity contribution in [3.05, 3.63) is 64.7 Å². The number of benzene rings is 2.